The number of nitrogens with two attached hydrogens (primary N) is 1. The fraction of sp³-hybridized carbons (Fsp3) is 0.231. The first-order chi connectivity index (χ1) is 8.54. The van der Waals surface area contributed by atoms with E-state index in [2.05, 4.69) is 15.9 Å². The molecule has 0 fully saturated rings. The second-order valence-electron chi connectivity index (χ2n) is 3.94. The van der Waals surface area contributed by atoms with Gasteiger partial charge in [0.25, 0.3) is 0 Å². The second kappa shape index (κ2) is 5.66. The highest BCUT2D eigenvalue weighted by atomic mass is 79.9. The van der Waals surface area contributed by atoms with Crippen molar-refractivity contribution in [3.63, 3.8) is 0 Å². The zero-order valence-electron chi connectivity index (χ0n) is 9.71. The second-order valence-corrected chi connectivity index (χ2v) is 5.55. The Bertz CT molecular complexity index is 568. The van der Waals surface area contributed by atoms with Crippen LogP contribution in [0.3, 0.4) is 0 Å². The molecule has 1 atom stereocenters. The summed E-state index contributed by atoms with van der Waals surface area (Å²) in [6.45, 7) is 2.01. The minimum Gasteiger partial charge on any atom is -0.459 e. The molecular weight excluding hydrogens is 337 g/mol. The summed E-state index contributed by atoms with van der Waals surface area (Å²) in [5.74, 6) is 1.43. The van der Waals surface area contributed by atoms with Crippen molar-refractivity contribution in [1.82, 2.24) is 0 Å². The van der Waals surface area contributed by atoms with E-state index in [0.717, 1.165) is 22.2 Å². The van der Waals surface area contributed by atoms with Crippen molar-refractivity contribution in [3.05, 3.63) is 44.5 Å². The molecule has 1 aromatic heterocycles. The molecule has 0 radical (unpaired) electrons. The Morgan fingerprint density at radius 2 is 1.94 bits per heavy atom. The van der Waals surface area contributed by atoms with Gasteiger partial charge in [0, 0.05) is 10.0 Å². The van der Waals surface area contributed by atoms with Gasteiger partial charge in [-0.25, -0.2) is 0 Å². The molecule has 0 aliphatic heterocycles. The van der Waals surface area contributed by atoms with Gasteiger partial charge in [-0.15, -0.1) is 0 Å². The van der Waals surface area contributed by atoms with Crippen molar-refractivity contribution >= 4 is 39.1 Å². The molecule has 1 unspecified atom stereocenters. The zero-order valence-corrected chi connectivity index (χ0v) is 12.8. The van der Waals surface area contributed by atoms with E-state index in [9.17, 15) is 0 Å². The molecule has 96 valence electrons. The summed E-state index contributed by atoms with van der Waals surface area (Å²) >= 11 is 15.6. The first-order valence-corrected chi connectivity index (χ1v) is 7.08. The summed E-state index contributed by atoms with van der Waals surface area (Å²) in [6, 6.07) is 7.33. The molecule has 2 rings (SSSR count). The van der Waals surface area contributed by atoms with Crippen molar-refractivity contribution in [2.45, 2.75) is 19.4 Å². The van der Waals surface area contributed by atoms with E-state index in [1.54, 1.807) is 0 Å². The van der Waals surface area contributed by atoms with Crippen molar-refractivity contribution in [3.8, 4) is 11.3 Å². The lowest BCUT2D eigenvalue weighted by Gasteiger charge is -2.06. The Morgan fingerprint density at radius 3 is 2.61 bits per heavy atom. The van der Waals surface area contributed by atoms with E-state index in [1.807, 2.05) is 31.2 Å². The lowest BCUT2D eigenvalue weighted by molar-refractivity contribution is 0.470. The summed E-state index contributed by atoms with van der Waals surface area (Å²) in [5.41, 5.74) is 6.68. The summed E-state index contributed by atoms with van der Waals surface area (Å²) in [4.78, 5) is 0. The Hall–Kier alpha value is -0.480. The Morgan fingerprint density at radius 1 is 1.22 bits per heavy atom. The quantitative estimate of drug-likeness (QED) is 0.751. The maximum atomic E-state index is 6.20. The maximum Gasteiger partial charge on any atom is 0.135 e. The van der Waals surface area contributed by atoms with Gasteiger partial charge >= 0.3 is 0 Å². The number of furan rings is 1. The molecular formula is C13H12BrCl2NO. The van der Waals surface area contributed by atoms with E-state index in [4.69, 9.17) is 33.4 Å². The van der Waals surface area contributed by atoms with Crippen LogP contribution in [0.1, 0.15) is 25.1 Å². The van der Waals surface area contributed by atoms with Crippen molar-refractivity contribution in [1.29, 1.82) is 0 Å². The minimum atomic E-state index is -0.0940. The highest BCUT2D eigenvalue weighted by Gasteiger charge is 2.15. The highest BCUT2D eigenvalue weighted by molar-refractivity contribution is 9.10. The topological polar surface area (TPSA) is 39.2 Å². The predicted octanol–water partition coefficient (Wildman–Crippen LogP) is 5.43. The average Bonchev–Trinajstić information content (AvgIpc) is 2.84. The number of halogens is 3. The van der Waals surface area contributed by atoms with Gasteiger partial charge in [0.1, 0.15) is 11.5 Å². The third-order valence-electron chi connectivity index (χ3n) is 2.73. The van der Waals surface area contributed by atoms with Gasteiger partial charge in [0.05, 0.1) is 16.1 Å². The van der Waals surface area contributed by atoms with Gasteiger partial charge in [-0.05, 0) is 46.6 Å². The van der Waals surface area contributed by atoms with Crippen LogP contribution in [0, 0.1) is 0 Å². The first kappa shape index (κ1) is 13.9. The molecule has 2 nitrogen and oxygen atoms in total. The number of hydrogen-bond acceptors (Lipinski definition) is 2. The molecule has 0 saturated heterocycles. The molecule has 1 heterocycles. The fourth-order valence-electron chi connectivity index (χ4n) is 1.61. The smallest absolute Gasteiger partial charge is 0.135 e. The zero-order chi connectivity index (χ0) is 13.3. The summed E-state index contributed by atoms with van der Waals surface area (Å²) in [5, 5.41) is 0.948. The minimum absolute atomic E-state index is 0.0940. The van der Waals surface area contributed by atoms with E-state index in [0.29, 0.717) is 15.8 Å². The van der Waals surface area contributed by atoms with E-state index in [-0.39, 0.29) is 6.04 Å². The molecule has 0 amide bonds. The van der Waals surface area contributed by atoms with E-state index in [1.165, 1.54) is 0 Å². The molecule has 0 saturated carbocycles. The van der Waals surface area contributed by atoms with Crippen LogP contribution >= 0.6 is 39.1 Å². The monoisotopic (exact) mass is 347 g/mol. The Labute approximate surface area is 124 Å². The number of benzene rings is 1. The Kier molecular flexibility index (Phi) is 4.38. The van der Waals surface area contributed by atoms with Gasteiger partial charge < -0.3 is 10.2 Å². The molecule has 18 heavy (non-hydrogen) atoms. The van der Waals surface area contributed by atoms with Crippen LogP contribution in [0.25, 0.3) is 11.3 Å². The van der Waals surface area contributed by atoms with Gasteiger partial charge in [0.15, 0.2) is 0 Å². The van der Waals surface area contributed by atoms with Crippen LogP contribution in [0.4, 0.5) is 0 Å². The normalized spacial score (nSPS) is 12.7. The fourth-order valence-corrected chi connectivity index (χ4v) is 2.48. The SMILES string of the molecule is CCC(N)c1ccc(-c2ccc(Br)c(Cl)c2Cl)o1. The molecule has 2 N–H and O–H groups in total. The van der Waals surface area contributed by atoms with Gasteiger partial charge in [-0.1, -0.05) is 30.1 Å². The van der Waals surface area contributed by atoms with E-state index < -0.39 is 0 Å². The predicted molar refractivity (Wildman–Crippen MR) is 79.1 cm³/mol. The summed E-state index contributed by atoms with van der Waals surface area (Å²) in [7, 11) is 0. The van der Waals surface area contributed by atoms with Crippen LogP contribution in [-0.4, -0.2) is 0 Å². The van der Waals surface area contributed by atoms with Gasteiger partial charge in [-0.2, -0.15) is 0 Å². The van der Waals surface area contributed by atoms with E-state index >= 15 is 0 Å². The van der Waals surface area contributed by atoms with Crippen LogP contribution in [0.5, 0.6) is 0 Å². The summed E-state index contributed by atoms with van der Waals surface area (Å²) in [6.07, 6.45) is 0.821. The number of hydrogen-bond donors (Lipinski definition) is 1. The standard InChI is InChI=1S/C13H12BrCl2NO/c1-2-9(17)11-6-5-10(18-11)7-3-4-8(14)13(16)12(7)15/h3-6,9H,2,17H2,1H3. The molecule has 1 aromatic carbocycles. The molecule has 0 aliphatic carbocycles. The maximum absolute atomic E-state index is 6.20. The van der Waals surface area contributed by atoms with Crippen LogP contribution in [0.15, 0.2) is 33.2 Å². The third-order valence-corrected chi connectivity index (χ3v) is 4.50. The summed E-state index contributed by atoms with van der Waals surface area (Å²) < 4.78 is 6.47. The molecule has 0 aliphatic rings. The van der Waals surface area contributed by atoms with Crippen LogP contribution in [-0.2, 0) is 0 Å². The Balaban J connectivity index is 2.43. The van der Waals surface area contributed by atoms with Crippen LogP contribution < -0.4 is 5.73 Å². The first-order valence-electron chi connectivity index (χ1n) is 5.53. The van der Waals surface area contributed by atoms with Gasteiger partial charge in [0.2, 0.25) is 0 Å². The lowest BCUT2D eigenvalue weighted by Crippen LogP contribution is -2.06. The largest absolute Gasteiger partial charge is 0.459 e. The van der Waals surface area contributed by atoms with Crippen molar-refractivity contribution in [2.24, 2.45) is 5.73 Å². The van der Waals surface area contributed by atoms with Crippen molar-refractivity contribution < 1.29 is 4.42 Å². The van der Waals surface area contributed by atoms with Crippen molar-refractivity contribution in [2.75, 3.05) is 0 Å². The molecule has 0 spiro atoms. The molecule has 0 bridgehead atoms. The third kappa shape index (κ3) is 2.59. The lowest BCUT2D eigenvalue weighted by atomic mass is 10.1. The highest BCUT2D eigenvalue weighted by Crippen LogP contribution is 2.39. The molecule has 5 heteroatoms. The van der Waals surface area contributed by atoms with Crippen LogP contribution in [0.2, 0.25) is 10.0 Å². The average molecular weight is 349 g/mol. The molecule has 2 aromatic rings. The number of rotatable bonds is 3. The van der Waals surface area contributed by atoms with Gasteiger partial charge in [-0.3, -0.25) is 0 Å².